The zero-order valence-corrected chi connectivity index (χ0v) is 15.7. The van der Waals surface area contributed by atoms with Gasteiger partial charge in [0.05, 0.1) is 6.10 Å². The van der Waals surface area contributed by atoms with Crippen LogP contribution in [0.25, 0.3) is 11.1 Å². The Balaban J connectivity index is 1.86. The summed E-state index contributed by atoms with van der Waals surface area (Å²) in [4.78, 5) is 25.6. The highest BCUT2D eigenvalue weighted by Crippen LogP contribution is 2.42. The molecule has 26 heavy (non-hydrogen) atoms. The molecule has 0 saturated heterocycles. The van der Waals surface area contributed by atoms with Crippen LogP contribution in [0.1, 0.15) is 39.2 Å². The second-order valence-corrected chi connectivity index (χ2v) is 7.58. The first-order valence-electron chi connectivity index (χ1n) is 9.32. The first-order chi connectivity index (χ1) is 12.4. The quantitative estimate of drug-likeness (QED) is 0.573. The topological polar surface area (TPSA) is 43.4 Å². The molecule has 0 heterocycles. The molecule has 1 saturated carbocycles. The molecule has 0 aromatic heterocycles. The monoisotopic (exact) mass is 350 g/mol. The standard InChI is InChI=1S/C23H26O3/c1-16(2)26-22(25)23(14-13-17(3)21(23)24)15-18-9-11-20(12-10-18)19-7-5-4-6-8-19/h4-12,16-17H,13-15H2,1-3H3. The molecule has 2 unspecified atom stereocenters. The lowest BCUT2D eigenvalue weighted by Gasteiger charge is -2.27. The molecule has 2 aromatic carbocycles. The van der Waals surface area contributed by atoms with E-state index in [2.05, 4.69) is 24.3 Å². The fraction of sp³-hybridized carbons (Fsp3) is 0.391. The second-order valence-electron chi connectivity index (χ2n) is 7.58. The minimum atomic E-state index is -1.03. The van der Waals surface area contributed by atoms with Crippen LogP contribution in [0.4, 0.5) is 0 Å². The number of Topliss-reactive ketones (excluding diaryl/α,β-unsaturated/α-hetero) is 1. The van der Waals surface area contributed by atoms with E-state index in [1.807, 2.05) is 51.1 Å². The first-order valence-corrected chi connectivity index (χ1v) is 9.32. The van der Waals surface area contributed by atoms with E-state index in [1.54, 1.807) is 0 Å². The minimum Gasteiger partial charge on any atom is -0.462 e. The summed E-state index contributed by atoms with van der Waals surface area (Å²) >= 11 is 0. The number of rotatable bonds is 5. The highest BCUT2D eigenvalue weighted by Gasteiger charge is 2.53. The number of hydrogen-bond acceptors (Lipinski definition) is 3. The Morgan fingerprint density at radius 3 is 2.23 bits per heavy atom. The Morgan fingerprint density at radius 1 is 1.08 bits per heavy atom. The van der Waals surface area contributed by atoms with Crippen LogP contribution in [0.5, 0.6) is 0 Å². The van der Waals surface area contributed by atoms with Crippen LogP contribution in [0.2, 0.25) is 0 Å². The Bertz CT molecular complexity index is 777. The molecular weight excluding hydrogens is 324 g/mol. The molecule has 0 bridgehead atoms. The van der Waals surface area contributed by atoms with Crippen molar-refractivity contribution in [2.75, 3.05) is 0 Å². The van der Waals surface area contributed by atoms with Crippen molar-refractivity contribution in [3.63, 3.8) is 0 Å². The van der Waals surface area contributed by atoms with Crippen molar-refractivity contribution in [2.24, 2.45) is 11.3 Å². The summed E-state index contributed by atoms with van der Waals surface area (Å²) in [5, 5.41) is 0. The smallest absolute Gasteiger partial charge is 0.320 e. The molecular formula is C23H26O3. The van der Waals surface area contributed by atoms with Gasteiger partial charge in [-0.05, 0) is 49.8 Å². The number of carbonyl (C=O) groups excluding carboxylic acids is 2. The molecule has 0 spiro atoms. The maximum Gasteiger partial charge on any atom is 0.320 e. The van der Waals surface area contributed by atoms with Crippen molar-refractivity contribution < 1.29 is 14.3 Å². The van der Waals surface area contributed by atoms with Gasteiger partial charge in [0.25, 0.3) is 0 Å². The third kappa shape index (κ3) is 3.57. The van der Waals surface area contributed by atoms with Gasteiger partial charge in [-0.3, -0.25) is 9.59 Å². The molecule has 0 aliphatic heterocycles. The molecule has 2 atom stereocenters. The zero-order chi connectivity index (χ0) is 18.7. The maximum absolute atomic E-state index is 12.8. The Labute approximate surface area is 155 Å². The van der Waals surface area contributed by atoms with E-state index >= 15 is 0 Å². The summed E-state index contributed by atoms with van der Waals surface area (Å²) in [6.45, 7) is 5.55. The van der Waals surface area contributed by atoms with Gasteiger partial charge in [0.15, 0.2) is 5.78 Å². The van der Waals surface area contributed by atoms with Crippen LogP contribution >= 0.6 is 0 Å². The Hall–Kier alpha value is -2.42. The number of carbonyl (C=O) groups is 2. The van der Waals surface area contributed by atoms with Crippen LogP contribution in [-0.4, -0.2) is 17.9 Å². The van der Waals surface area contributed by atoms with Gasteiger partial charge in [-0.1, -0.05) is 61.5 Å². The van der Waals surface area contributed by atoms with Gasteiger partial charge in [0, 0.05) is 5.92 Å². The van der Waals surface area contributed by atoms with Crippen LogP contribution < -0.4 is 0 Å². The predicted octanol–water partition coefficient (Wildman–Crippen LogP) is 4.83. The van der Waals surface area contributed by atoms with Gasteiger partial charge in [0.1, 0.15) is 5.41 Å². The average Bonchev–Trinajstić information content (AvgIpc) is 2.92. The molecule has 3 heteroatoms. The normalized spacial score (nSPS) is 22.6. The van der Waals surface area contributed by atoms with E-state index in [0.717, 1.165) is 23.1 Å². The van der Waals surface area contributed by atoms with Crippen LogP contribution in [-0.2, 0) is 20.7 Å². The van der Waals surface area contributed by atoms with E-state index in [4.69, 9.17) is 4.74 Å². The molecule has 3 nitrogen and oxygen atoms in total. The minimum absolute atomic E-state index is 0.0234. The molecule has 1 aliphatic rings. The molecule has 0 radical (unpaired) electrons. The fourth-order valence-corrected chi connectivity index (χ4v) is 3.76. The Morgan fingerprint density at radius 2 is 1.69 bits per heavy atom. The molecule has 0 N–H and O–H groups in total. The summed E-state index contributed by atoms with van der Waals surface area (Å²) in [5.41, 5.74) is 2.24. The van der Waals surface area contributed by atoms with E-state index in [0.29, 0.717) is 12.8 Å². The van der Waals surface area contributed by atoms with Crippen molar-refractivity contribution in [1.29, 1.82) is 0 Å². The summed E-state index contributed by atoms with van der Waals surface area (Å²) in [7, 11) is 0. The zero-order valence-electron chi connectivity index (χ0n) is 15.7. The van der Waals surface area contributed by atoms with E-state index < -0.39 is 5.41 Å². The number of hydrogen-bond donors (Lipinski definition) is 0. The van der Waals surface area contributed by atoms with Crippen LogP contribution in [0.15, 0.2) is 54.6 Å². The van der Waals surface area contributed by atoms with Gasteiger partial charge in [-0.15, -0.1) is 0 Å². The molecule has 136 valence electrons. The number of ketones is 1. The van der Waals surface area contributed by atoms with Gasteiger partial charge < -0.3 is 4.74 Å². The van der Waals surface area contributed by atoms with E-state index in [1.165, 1.54) is 0 Å². The average molecular weight is 350 g/mol. The molecule has 0 amide bonds. The second kappa shape index (κ2) is 7.45. The van der Waals surface area contributed by atoms with Crippen molar-refractivity contribution >= 4 is 11.8 Å². The lowest BCUT2D eigenvalue weighted by atomic mass is 9.78. The predicted molar refractivity (Wildman–Crippen MR) is 103 cm³/mol. The van der Waals surface area contributed by atoms with E-state index in [9.17, 15) is 9.59 Å². The van der Waals surface area contributed by atoms with Crippen LogP contribution in [0, 0.1) is 11.3 Å². The maximum atomic E-state index is 12.8. The number of esters is 1. The number of ether oxygens (including phenoxy) is 1. The molecule has 1 aliphatic carbocycles. The fourth-order valence-electron chi connectivity index (χ4n) is 3.76. The number of benzene rings is 2. The SMILES string of the molecule is CC(C)OC(=O)C1(Cc2ccc(-c3ccccc3)cc2)CCC(C)C1=O. The molecule has 1 fully saturated rings. The molecule has 2 aromatic rings. The summed E-state index contributed by atoms with van der Waals surface area (Å²) < 4.78 is 5.46. The summed E-state index contributed by atoms with van der Waals surface area (Å²) in [6.07, 6.45) is 1.51. The van der Waals surface area contributed by atoms with Gasteiger partial charge in [-0.2, -0.15) is 0 Å². The lowest BCUT2D eigenvalue weighted by Crippen LogP contribution is -2.41. The lowest BCUT2D eigenvalue weighted by molar-refractivity contribution is -0.163. The largest absolute Gasteiger partial charge is 0.462 e. The first kappa shape index (κ1) is 18.4. The third-order valence-electron chi connectivity index (χ3n) is 5.22. The summed E-state index contributed by atoms with van der Waals surface area (Å²) in [6, 6.07) is 18.3. The van der Waals surface area contributed by atoms with Crippen molar-refractivity contribution in [2.45, 2.75) is 46.1 Å². The van der Waals surface area contributed by atoms with Gasteiger partial charge >= 0.3 is 5.97 Å². The van der Waals surface area contributed by atoms with Crippen molar-refractivity contribution in [3.8, 4) is 11.1 Å². The van der Waals surface area contributed by atoms with Crippen LogP contribution in [0.3, 0.4) is 0 Å². The highest BCUT2D eigenvalue weighted by molar-refractivity contribution is 6.06. The van der Waals surface area contributed by atoms with Crippen molar-refractivity contribution in [1.82, 2.24) is 0 Å². The van der Waals surface area contributed by atoms with E-state index in [-0.39, 0.29) is 23.8 Å². The summed E-state index contributed by atoms with van der Waals surface area (Å²) in [5.74, 6) is -0.428. The van der Waals surface area contributed by atoms with Gasteiger partial charge in [0.2, 0.25) is 0 Å². The third-order valence-corrected chi connectivity index (χ3v) is 5.22. The molecule has 3 rings (SSSR count). The Kier molecular flexibility index (Phi) is 5.26. The van der Waals surface area contributed by atoms with Crippen molar-refractivity contribution in [3.05, 3.63) is 60.2 Å². The van der Waals surface area contributed by atoms with Gasteiger partial charge in [-0.25, -0.2) is 0 Å². The highest BCUT2D eigenvalue weighted by atomic mass is 16.5.